The van der Waals surface area contributed by atoms with Gasteiger partial charge in [0.25, 0.3) is 0 Å². The minimum atomic E-state index is -0.0511. The second-order valence-corrected chi connectivity index (χ2v) is 7.20. The van der Waals surface area contributed by atoms with Crippen molar-refractivity contribution in [3.63, 3.8) is 0 Å². The van der Waals surface area contributed by atoms with Gasteiger partial charge in [-0.15, -0.1) is 0 Å². The van der Waals surface area contributed by atoms with Gasteiger partial charge in [0.15, 0.2) is 11.7 Å². The average Bonchev–Trinajstić information content (AvgIpc) is 3.19. The van der Waals surface area contributed by atoms with Gasteiger partial charge in [-0.05, 0) is 24.8 Å². The molecular formula is C22H33N5O2. The summed E-state index contributed by atoms with van der Waals surface area (Å²) in [7, 11) is 3.45. The van der Waals surface area contributed by atoms with E-state index in [1.165, 1.54) is 10.5 Å². The Kier molecular flexibility index (Phi) is 9.21. The van der Waals surface area contributed by atoms with Gasteiger partial charge < -0.3 is 20.1 Å². The molecule has 2 N–H and O–H groups in total. The molecule has 0 unspecified atom stereocenters. The van der Waals surface area contributed by atoms with Gasteiger partial charge in [-0.2, -0.15) is 0 Å². The van der Waals surface area contributed by atoms with E-state index in [0.29, 0.717) is 25.0 Å². The summed E-state index contributed by atoms with van der Waals surface area (Å²) >= 11 is 0. The average molecular weight is 400 g/mol. The van der Waals surface area contributed by atoms with Crippen molar-refractivity contribution in [2.24, 2.45) is 4.99 Å². The molecule has 0 saturated heterocycles. The quantitative estimate of drug-likeness (QED) is 0.474. The van der Waals surface area contributed by atoms with E-state index >= 15 is 0 Å². The Balaban J connectivity index is 1.95. The third-order valence-electron chi connectivity index (χ3n) is 4.83. The van der Waals surface area contributed by atoms with Crippen LogP contribution in [0.1, 0.15) is 49.6 Å². The van der Waals surface area contributed by atoms with Gasteiger partial charge in [0.05, 0.1) is 12.2 Å². The number of nitrogens with one attached hydrogen (secondary N) is 2. The summed E-state index contributed by atoms with van der Waals surface area (Å²) < 4.78 is 5.47. The van der Waals surface area contributed by atoms with Crippen LogP contribution in [-0.2, 0) is 17.8 Å². The molecule has 7 nitrogen and oxygen atoms in total. The van der Waals surface area contributed by atoms with Crippen molar-refractivity contribution in [1.29, 1.82) is 0 Å². The Morgan fingerprint density at radius 3 is 2.55 bits per heavy atom. The summed E-state index contributed by atoms with van der Waals surface area (Å²) in [5, 5.41) is 10.7. The minimum Gasteiger partial charge on any atom is -0.359 e. The molecule has 7 heteroatoms. The minimum absolute atomic E-state index is 0.0511. The van der Waals surface area contributed by atoms with Crippen LogP contribution in [-0.4, -0.2) is 49.1 Å². The Bertz CT molecular complexity index is 767. The molecule has 1 aromatic heterocycles. The molecule has 0 saturated carbocycles. The molecule has 1 heterocycles. The lowest BCUT2D eigenvalue weighted by Crippen LogP contribution is -2.39. The number of carbonyl (C=O) groups is 1. The number of nitrogens with zero attached hydrogens (tertiary/aromatic N) is 3. The summed E-state index contributed by atoms with van der Waals surface area (Å²) in [6, 6.07) is 12.2. The SMILES string of the molecule is CCC(CC)c1cc(CNC(=NCC(=O)N(C)C)NCCc2ccccc2)on1. The topological polar surface area (TPSA) is 82.8 Å². The smallest absolute Gasteiger partial charge is 0.243 e. The fourth-order valence-electron chi connectivity index (χ4n) is 2.91. The molecule has 0 fully saturated rings. The van der Waals surface area contributed by atoms with Crippen LogP contribution in [0, 0.1) is 0 Å². The van der Waals surface area contributed by atoms with Gasteiger partial charge in [-0.25, -0.2) is 4.99 Å². The summed E-state index contributed by atoms with van der Waals surface area (Å²) in [6.07, 6.45) is 2.94. The molecule has 1 amide bonds. The van der Waals surface area contributed by atoms with Crippen molar-refractivity contribution < 1.29 is 9.32 Å². The zero-order chi connectivity index (χ0) is 21.1. The van der Waals surface area contributed by atoms with Crippen LogP contribution in [0.25, 0.3) is 0 Å². The first-order valence-electron chi connectivity index (χ1n) is 10.2. The molecule has 0 bridgehead atoms. The van der Waals surface area contributed by atoms with Crippen LogP contribution in [0.5, 0.6) is 0 Å². The predicted molar refractivity (Wildman–Crippen MR) is 116 cm³/mol. The summed E-state index contributed by atoms with van der Waals surface area (Å²) in [5.74, 6) is 1.70. The molecule has 0 aliphatic carbocycles. The second kappa shape index (κ2) is 11.9. The van der Waals surface area contributed by atoms with Crippen LogP contribution < -0.4 is 10.6 Å². The number of guanidine groups is 1. The summed E-state index contributed by atoms with van der Waals surface area (Å²) in [5.41, 5.74) is 2.24. The molecule has 0 aliphatic heterocycles. The maximum Gasteiger partial charge on any atom is 0.243 e. The monoisotopic (exact) mass is 399 g/mol. The number of aromatic nitrogens is 1. The second-order valence-electron chi connectivity index (χ2n) is 7.20. The highest BCUT2D eigenvalue weighted by molar-refractivity contribution is 5.84. The zero-order valence-corrected chi connectivity index (χ0v) is 17.9. The lowest BCUT2D eigenvalue weighted by molar-refractivity contribution is -0.127. The Hall–Kier alpha value is -2.83. The highest BCUT2D eigenvalue weighted by Crippen LogP contribution is 2.22. The number of amides is 1. The van der Waals surface area contributed by atoms with Gasteiger partial charge in [-0.3, -0.25) is 4.79 Å². The van der Waals surface area contributed by atoms with Gasteiger partial charge in [0.2, 0.25) is 5.91 Å². The van der Waals surface area contributed by atoms with Gasteiger partial charge in [-0.1, -0.05) is 49.3 Å². The first-order chi connectivity index (χ1) is 14.0. The van der Waals surface area contributed by atoms with Gasteiger partial charge in [0, 0.05) is 32.6 Å². The van der Waals surface area contributed by atoms with Crippen LogP contribution >= 0.6 is 0 Å². The fraction of sp³-hybridized carbons (Fsp3) is 0.500. The predicted octanol–water partition coefficient (Wildman–Crippen LogP) is 2.94. The van der Waals surface area contributed by atoms with E-state index in [2.05, 4.69) is 46.8 Å². The highest BCUT2D eigenvalue weighted by Gasteiger charge is 2.13. The van der Waals surface area contributed by atoms with Crippen LogP contribution in [0.4, 0.5) is 0 Å². The van der Waals surface area contributed by atoms with Crippen molar-refractivity contribution in [2.45, 2.75) is 45.6 Å². The molecule has 1 aromatic carbocycles. The van der Waals surface area contributed by atoms with Crippen molar-refractivity contribution in [3.8, 4) is 0 Å². The first kappa shape index (κ1) is 22.5. The molecule has 2 rings (SSSR count). The van der Waals surface area contributed by atoms with Crippen LogP contribution in [0.2, 0.25) is 0 Å². The normalized spacial score (nSPS) is 11.6. The molecular weight excluding hydrogens is 366 g/mol. The number of hydrogen-bond acceptors (Lipinski definition) is 4. The number of benzene rings is 1. The lowest BCUT2D eigenvalue weighted by atomic mass is 9.99. The number of rotatable bonds is 10. The Labute approximate surface area is 173 Å². The van der Waals surface area contributed by atoms with Gasteiger partial charge >= 0.3 is 0 Å². The summed E-state index contributed by atoms with van der Waals surface area (Å²) in [6.45, 7) is 5.57. The standard InChI is InChI=1S/C22H33N5O2/c1-5-18(6-2)20-14-19(29-26-20)15-24-22(25-16-21(28)27(3)4)23-13-12-17-10-8-7-9-11-17/h7-11,14,18H,5-6,12-13,15-16H2,1-4H3,(H2,23,24,25). The number of hydrogen-bond donors (Lipinski definition) is 2. The molecule has 158 valence electrons. The maximum absolute atomic E-state index is 11.9. The molecule has 29 heavy (non-hydrogen) atoms. The van der Waals surface area contributed by atoms with Crippen molar-refractivity contribution >= 4 is 11.9 Å². The van der Waals surface area contributed by atoms with Crippen molar-refractivity contribution in [1.82, 2.24) is 20.7 Å². The summed E-state index contributed by atoms with van der Waals surface area (Å²) in [4.78, 5) is 17.8. The molecule has 0 radical (unpaired) electrons. The van der Waals surface area contributed by atoms with E-state index in [1.54, 1.807) is 14.1 Å². The fourth-order valence-corrected chi connectivity index (χ4v) is 2.91. The van der Waals surface area contributed by atoms with Crippen molar-refractivity contribution in [2.75, 3.05) is 27.2 Å². The van der Waals surface area contributed by atoms with E-state index in [0.717, 1.165) is 30.7 Å². The zero-order valence-electron chi connectivity index (χ0n) is 17.9. The van der Waals surface area contributed by atoms with E-state index in [9.17, 15) is 4.79 Å². The number of aliphatic imine (C=N–C) groups is 1. The van der Waals surface area contributed by atoms with E-state index < -0.39 is 0 Å². The maximum atomic E-state index is 11.9. The van der Waals surface area contributed by atoms with Crippen LogP contribution in [0.3, 0.4) is 0 Å². The molecule has 2 aromatic rings. The van der Waals surface area contributed by atoms with E-state index in [4.69, 9.17) is 4.52 Å². The van der Waals surface area contributed by atoms with E-state index in [1.807, 2.05) is 24.3 Å². The third kappa shape index (κ3) is 7.60. The Morgan fingerprint density at radius 1 is 1.17 bits per heavy atom. The largest absolute Gasteiger partial charge is 0.359 e. The number of carbonyl (C=O) groups excluding carboxylic acids is 1. The molecule has 0 atom stereocenters. The Morgan fingerprint density at radius 2 is 1.90 bits per heavy atom. The highest BCUT2D eigenvalue weighted by atomic mass is 16.5. The third-order valence-corrected chi connectivity index (χ3v) is 4.83. The first-order valence-corrected chi connectivity index (χ1v) is 10.2. The number of likely N-dealkylation sites (N-methyl/N-ethyl adjacent to an activating group) is 1. The molecule has 0 aliphatic rings. The lowest BCUT2D eigenvalue weighted by Gasteiger charge is -2.13. The van der Waals surface area contributed by atoms with Gasteiger partial charge in [0.1, 0.15) is 6.54 Å². The van der Waals surface area contributed by atoms with Crippen LogP contribution in [0.15, 0.2) is 45.9 Å². The van der Waals surface area contributed by atoms with E-state index in [-0.39, 0.29) is 12.5 Å². The molecule has 0 spiro atoms. The van der Waals surface area contributed by atoms with Crippen molar-refractivity contribution in [3.05, 3.63) is 53.4 Å².